The third-order valence-electron chi connectivity index (χ3n) is 4.23. The fourth-order valence-electron chi connectivity index (χ4n) is 2.66. The van der Waals surface area contributed by atoms with Gasteiger partial charge >= 0.3 is 12.2 Å². The Morgan fingerprint density at radius 2 is 1.32 bits per heavy atom. The molecule has 0 unspecified atom stereocenters. The molecule has 2 aromatic carbocycles. The van der Waals surface area contributed by atoms with Gasteiger partial charge in [0, 0.05) is 11.4 Å². The van der Waals surface area contributed by atoms with Crippen molar-refractivity contribution < 1.29 is 19.1 Å². The van der Waals surface area contributed by atoms with Crippen molar-refractivity contribution in [2.45, 2.75) is 39.0 Å². The van der Waals surface area contributed by atoms with Crippen molar-refractivity contribution >= 4 is 23.6 Å². The molecule has 6 nitrogen and oxygen atoms in total. The first-order chi connectivity index (χ1) is 13.6. The summed E-state index contributed by atoms with van der Waals surface area (Å²) in [6, 6.07) is 15.2. The van der Waals surface area contributed by atoms with Crippen LogP contribution in [-0.2, 0) is 15.9 Å². The Labute approximate surface area is 166 Å². The minimum Gasteiger partial charge on any atom is -0.453 e. The second kappa shape index (κ2) is 11.6. The molecule has 0 saturated heterocycles. The Bertz CT molecular complexity index is 742. The topological polar surface area (TPSA) is 76.7 Å². The van der Waals surface area contributed by atoms with Gasteiger partial charge in [-0.3, -0.25) is 10.6 Å². The van der Waals surface area contributed by atoms with Gasteiger partial charge in [0.05, 0.1) is 13.7 Å². The summed E-state index contributed by atoms with van der Waals surface area (Å²) >= 11 is 0. The zero-order chi connectivity index (χ0) is 20.2. The molecule has 0 bridgehead atoms. The largest absolute Gasteiger partial charge is 0.453 e. The molecular weight excluding hydrogens is 356 g/mol. The number of carbonyl (C=O) groups excluding carboxylic acids is 2. The number of nitrogens with one attached hydrogen (secondary N) is 2. The van der Waals surface area contributed by atoms with Crippen molar-refractivity contribution in [3.8, 4) is 0 Å². The number of hydrogen-bond donors (Lipinski definition) is 2. The van der Waals surface area contributed by atoms with Gasteiger partial charge < -0.3 is 9.47 Å². The Hall–Kier alpha value is -3.02. The molecule has 2 aromatic rings. The summed E-state index contributed by atoms with van der Waals surface area (Å²) in [4.78, 5) is 23.0. The lowest BCUT2D eigenvalue weighted by molar-refractivity contribution is 0.159. The summed E-state index contributed by atoms with van der Waals surface area (Å²) < 4.78 is 9.74. The van der Waals surface area contributed by atoms with E-state index in [0.29, 0.717) is 18.0 Å². The van der Waals surface area contributed by atoms with Crippen LogP contribution in [0.1, 0.15) is 43.7 Å². The maximum atomic E-state index is 11.8. The third kappa shape index (κ3) is 7.70. The second-order valence-corrected chi connectivity index (χ2v) is 6.51. The highest BCUT2D eigenvalue weighted by Gasteiger charge is 2.04. The number of carbonyl (C=O) groups is 2. The zero-order valence-corrected chi connectivity index (χ0v) is 16.5. The van der Waals surface area contributed by atoms with Gasteiger partial charge in [-0.1, -0.05) is 50.5 Å². The average Bonchev–Trinajstić information content (AvgIpc) is 2.70. The van der Waals surface area contributed by atoms with Crippen LogP contribution in [0.5, 0.6) is 0 Å². The highest BCUT2D eigenvalue weighted by atomic mass is 16.5. The molecule has 0 aliphatic carbocycles. The van der Waals surface area contributed by atoms with Gasteiger partial charge in [-0.2, -0.15) is 0 Å². The van der Waals surface area contributed by atoms with Crippen molar-refractivity contribution in [2.24, 2.45) is 0 Å². The highest BCUT2D eigenvalue weighted by Crippen LogP contribution is 2.16. The van der Waals surface area contributed by atoms with Crippen molar-refractivity contribution in [1.29, 1.82) is 0 Å². The van der Waals surface area contributed by atoms with E-state index in [9.17, 15) is 9.59 Å². The molecule has 0 spiro atoms. The van der Waals surface area contributed by atoms with Crippen LogP contribution in [0.15, 0.2) is 48.5 Å². The lowest BCUT2D eigenvalue weighted by Gasteiger charge is -2.08. The van der Waals surface area contributed by atoms with Crippen molar-refractivity contribution in [3.63, 3.8) is 0 Å². The zero-order valence-electron chi connectivity index (χ0n) is 16.5. The smallest absolute Gasteiger partial charge is 0.411 e. The number of hydrogen-bond acceptors (Lipinski definition) is 4. The minimum absolute atomic E-state index is 0.419. The van der Waals surface area contributed by atoms with Crippen molar-refractivity contribution in [1.82, 2.24) is 0 Å². The summed E-state index contributed by atoms with van der Waals surface area (Å²) in [6.07, 6.45) is 4.14. The summed E-state index contributed by atoms with van der Waals surface area (Å²) in [6.45, 7) is 2.60. The van der Waals surface area contributed by atoms with E-state index in [2.05, 4.69) is 22.3 Å². The van der Waals surface area contributed by atoms with Crippen LogP contribution in [-0.4, -0.2) is 25.9 Å². The number of benzene rings is 2. The van der Waals surface area contributed by atoms with Crippen LogP contribution in [0.3, 0.4) is 0 Å². The predicted octanol–water partition coefficient (Wildman–Crippen LogP) is 5.58. The van der Waals surface area contributed by atoms with Gasteiger partial charge in [0.2, 0.25) is 0 Å². The Morgan fingerprint density at radius 1 is 0.786 bits per heavy atom. The molecule has 2 amide bonds. The van der Waals surface area contributed by atoms with E-state index in [1.54, 1.807) is 0 Å². The first-order valence-electron chi connectivity index (χ1n) is 9.57. The molecule has 0 aliphatic rings. The normalized spacial score (nSPS) is 10.2. The number of rotatable bonds is 9. The summed E-state index contributed by atoms with van der Waals surface area (Å²) in [5.41, 5.74) is 3.62. The summed E-state index contributed by atoms with van der Waals surface area (Å²) in [5.74, 6) is 0. The van der Waals surface area contributed by atoms with E-state index >= 15 is 0 Å². The molecule has 0 saturated carbocycles. The fraction of sp³-hybridized carbons (Fsp3) is 0.364. The van der Waals surface area contributed by atoms with E-state index < -0.39 is 12.2 Å². The molecule has 2 rings (SSSR count). The summed E-state index contributed by atoms with van der Waals surface area (Å²) in [5, 5.41) is 5.36. The molecule has 0 aromatic heterocycles. The summed E-state index contributed by atoms with van der Waals surface area (Å²) in [7, 11) is 1.33. The monoisotopic (exact) mass is 384 g/mol. The third-order valence-corrected chi connectivity index (χ3v) is 4.23. The lowest BCUT2D eigenvalue weighted by Crippen LogP contribution is -2.14. The van der Waals surface area contributed by atoms with E-state index in [1.165, 1.54) is 7.11 Å². The molecule has 28 heavy (non-hydrogen) atoms. The highest BCUT2D eigenvalue weighted by molar-refractivity contribution is 5.85. The molecule has 150 valence electrons. The average molecular weight is 384 g/mol. The van der Waals surface area contributed by atoms with Crippen LogP contribution >= 0.6 is 0 Å². The molecule has 0 atom stereocenters. The fourth-order valence-corrected chi connectivity index (χ4v) is 2.66. The van der Waals surface area contributed by atoms with Crippen LogP contribution in [0.2, 0.25) is 0 Å². The Balaban J connectivity index is 1.79. The van der Waals surface area contributed by atoms with Gasteiger partial charge in [-0.05, 0) is 48.2 Å². The standard InChI is InChI=1S/C22H28N2O4/c1-3-4-5-6-15-28-22(26)24-20-13-9-18(10-14-20)16-17-7-11-19(12-8-17)23-21(25)27-2/h7-14H,3-6,15-16H2,1-2H3,(H,23,25)(H,24,26). The molecule has 0 heterocycles. The van der Waals surface area contributed by atoms with E-state index in [1.807, 2.05) is 48.5 Å². The Kier molecular flexibility index (Phi) is 8.85. The van der Waals surface area contributed by atoms with Gasteiger partial charge in [0.1, 0.15) is 0 Å². The molecule has 0 fully saturated rings. The van der Waals surface area contributed by atoms with Crippen LogP contribution in [0, 0.1) is 0 Å². The van der Waals surface area contributed by atoms with Gasteiger partial charge in [0.15, 0.2) is 0 Å². The SMILES string of the molecule is CCCCCCOC(=O)Nc1ccc(Cc2ccc(NC(=O)OC)cc2)cc1. The molecule has 6 heteroatoms. The molecule has 0 radical (unpaired) electrons. The van der Waals surface area contributed by atoms with Crippen LogP contribution in [0.25, 0.3) is 0 Å². The number of methoxy groups -OCH3 is 1. The lowest BCUT2D eigenvalue weighted by atomic mass is 10.0. The molecule has 0 aliphatic heterocycles. The van der Waals surface area contributed by atoms with Crippen molar-refractivity contribution in [2.75, 3.05) is 24.4 Å². The van der Waals surface area contributed by atoms with E-state index in [0.717, 1.165) is 43.2 Å². The quantitative estimate of drug-likeness (QED) is 0.553. The van der Waals surface area contributed by atoms with Crippen LogP contribution < -0.4 is 10.6 Å². The maximum absolute atomic E-state index is 11.8. The molecule has 2 N–H and O–H groups in total. The molecular formula is C22H28N2O4. The second-order valence-electron chi connectivity index (χ2n) is 6.51. The van der Waals surface area contributed by atoms with Crippen molar-refractivity contribution in [3.05, 3.63) is 59.7 Å². The van der Waals surface area contributed by atoms with Gasteiger partial charge in [-0.25, -0.2) is 9.59 Å². The predicted molar refractivity (Wildman–Crippen MR) is 111 cm³/mol. The number of unbranched alkanes of at least 4 members (excludes halogenated alkanes) is 3. The number of anilines is 2. The maximum Gasteiger partial charge on any atom is 0.411 e. The first kappa shape index (κ1) is 21.3. The van der Waals surface area contributed by atoms with E-state index in [-0.39, 0.29) is 0 Å². The van der Waals surface area contributed by atoms with E-state index in [4.69, 9.17) is 4.74 Å². The number of ether oxygens (including phenoxy) is 2. The number of amides is 2. The first-order valence-corrected chi connectivity index (χ1v) is 9.57. The van der Waals surface area contributed by atoms with Gasteiger partial charge in [-0.15, -0.1) is 0 Å². The van der Waals surface area contributed by atoms with Gasteiger partial charge in [0.25, 0.3) is 0 Å². The van der Waals surface area contributed by atoms with Crippen LogP contribution in [0.4, 0.5) is 21.0 Å². The minimum atomic E-state index is -0.490. The Morgan fingerprint density at radius 3 is 1.82 bits per heavy atom.